The van der Waals surface area contributed by atoms with E-state index in [4.69, 9.17) is 0 Å². The third kappa shape index (κ3) is 3.38. The summed E-state index contributed by atoms with van der Waals surface area (Å²) in [7, 11) is 0. The lowest BCUT2D eigenvalue weighted by atomic mass is 9.91. The zero-order valence-corrected chi connectivity index (χ0v) is 15.0. The van der Waals surface area contributed by atoms with Crippen LogP contribution in [-0.4, -0.2) is 35.8 Å². The van der Waals surface area contributed by atoms with Gasteiger partial charge in [-0.05, 0) is 49.3 Å². The maximum absolute atomic E-state index is 13.0. The summed E-state index contributed by atoms with van der Waals surface area (Å²) in [4.78, 5) is 38.5. The normalized spacial score (nSPS) is 29.8. The number of carbonyl (C=O) groups excluding carboxylic acids is 3. The molecular weight excluding hydrogens is 318 g/mol. The number of rotatable bonds is 2. The highest BCUT2D eigenvalue weighted by Crippen LogP contribution is 2.27. The molecule has 2 N–H and O–H groups in total. The zero-order valence-electron chi connectivity index (χ0n) is 15.0. The molecule has 3 rings (SSSR count). The van der Waals surface area contributed by atoms with Crippen molar-refractivity contribution in [1.82, 2.24) is 15.5 Å². The van der Waals surface area contributed by atoms with E-state index < -0.39 is 17.5 Å². The van der Waals surface area contributed by atoms with E-state index in [1.54, 1.807) is 31.2 Å². The van der Waals surface area contributed by atoms with Crippen LogP contribution in [0.2, 0.25) is 0 Å². The molecule has 2 aliphatic rings. The van der Waals surface area contributed by atoms with Crippen LogP contribution in [0.4, 0.5) is 4.79 Å². The molecule has 0 bridgehead atoms. The number of carbonyl (C=O) groups is 3. The quantitative estimate of drug-likeness (QED) is 0.809. The van der Waals surface area contributed by atoms with Crippen molar-refractivity contribution in [1.29, 1.82) is 0 Å². The summed E-state index contributed by atoms with van der Waals surface area (Å²) >= 11 is 0. The molecule has 6 nitrogen and oxygen atoms in total. The molecule has 25 heavy (non-hydrogen) atoms. The van der Waals surface area contributed by atoms with Gasteiger partial charge in [-0.2, -0.15) is 0 Å². The predicted molar refractivity (Wildman–Crippen MR) is 93.9 cm³/mol. The highest BCUT2D eigenvalue weighted by atomic mass is 16.2. The lowest BCUT2D eigenvalue weighted by Gasteiger charge is -2.25. The molecule has 0 spiro atoms. The standard InChI is InChI=1S/C19H25N3O3/c1-12-7-8-22(11-13(2)9-12)16(23)14-5-4-6-15(10-14)19(3)17(24)20-18(25)21-19/h4-6,10,12-13H,7-9,11H2,1-3H3,(H2,20,21,24,25)/t12-,13+,19-/m1/s1. The topological polar surface area (TPSA) is 78.5 Å². The fourth-order valence-electron chi connectivity index (χ4n) is 3.80. The first kappa shape index (κ1) is 17.5. The van der Waals surface area contributed by atoms with Gasteiger partial charge in [0.2, 0.25) is 0 Å². The molecule has 2 saturated heterocycles. The van der Waals surface area contributed by atoms with E-state index in [9.17, 15) is 14.4 Å². The Bertz CT molecular complexity index is 718. The van der Waals surface area contributed by atoms with Crippen LogP contribution in [0.15, 0.2) is 24.3 Å². The number of hydrogen-bond donors (Lipinski definition) is 2. The van der Waals surface area contributed by atoms with Gasteiger partial charge < -0.3 is 10.2 Å². The van der Waals surface area contributed by atoms with Crippen molar-refractivity contribution in [3.8, 4) is 0 Å². The third-order valence-electron chi connectivity index (χ3n) is 5.25. The molecule has 0 saturated carbocycles. The van der Waals surface area contributed by atoms with Crippen molar-refractivity contribution in [3.63, 3.8) is 0 Å². The Morgan fingerprint density at radius 1 is 1.24 bits per heavy atom. The second-order valence-corrected chi connectivity index (χ2v) is 7.60. The van der Waals surface area contributed by atoms with E-state index in [1.165, 1.54) is 0 Å². The minimum absolute atomic E-state index is 0.0175. The number of imide groups is 1. The second kappa shape index (κ2) is 6.50. The van der Waals surface area contributed by atoms with E-state index >= 15 is 0 Å². The van der Waals surface area contributed by atoms with Crippen molar-refractivity contribution in [2.24, 2.45) is 11.8 Å². The Hall–Kier alpha value is -2.37. The average Bonchev–Trinajstić information content (AvgIpc) is 2.72. The average molecular weight is 343 g/mol. The Morgan fingerprint density at radius 3 is 2.68 bits per heavy atom. The van der Waals surface area contributed by atoms with E-state index in [2.05, 4.69) is 24.5 Å². The molecule has 0 unspecified atom stereocenters. The van der Waals surface area contributed by atoms with Crippen LogP contribution in [0.25, 0.3) is 0 Å². The molecule has 0 aromatic heterocycles. The number of hydrogen-bond acceptors (Lipinski definition) is 3. The minimum Gasteiger partial charge on any atom is -0.338 e. The Balaban J connectivity index is 1.85. The van der Waals surface area contributed by atoms with Crippen LogP contribution < -0.4 is 10.6 Å². The molecule has 2 fully saturated rings. The maximum atomic E-state index is 13.0. The fraction of sp³-hybridized carbons (Fsp3) is 0.526. The molecule has 134 valence electrons. The Kier molecular flexibility index (Phi) is 4.54. The van der Waals surface area contributed by atoms with Crippen molar-refractivity contribution in [2.45, 2.75) is 39.2 Å². The maximum Gasteiger partial charge on any atom is 0.322 e. The van der Waals surface area contributed by atoms with Gasteiger partial charge in [0.25, 0.3) is 11.8 Å². The van der Waals surface area contributed by atoms with Crippen LogP contribution in [0.1, 0.15) is 49.5 Å². The molecule has 3 atom stereocenters. The van der Waals surface area contributed by atoms with Gasteiger partial charge in [-0.15, -0.1) is 0 Å². The van der Waals surface area contributed by atoms with E-state index in [0.717, 1.165) is 25.9 Å². The summed E-state index contributed by atoms with van der Waals surface area (Å²) in [6, 6.07) is 6.49. The number of nitrogens with one attached hydrogen (secondary N) is 2. The molecule has 1 aromatic rings. The van der Waals surface area contributed by atoms with Crippen molar-refractivity contribution < 1.29 is 14.4 Å². The third-order valence-corrected chi connectivity index (χ3v) is 5.25. The van der Waals surface area contributed by atoms with Crippen molar-refractivity contribution in [3.05, 3.63) is 35.4 Å². The number of amides is 4. The summed E-state index contributed by atoms with van der Waals surface area (Å²) < 4.78 is 0. The lowest BCUT2D eigenvalue weighted by molar-refractivity contribution is -0.123. The monoisotopic (exact) mass is 343 g/mol. The highest BCUT2D eigenvalue weighted by molar-refractivity contribution is 6.07. The Morgan fingerprint density at radius 2 is 2.00 bits per heavy atom. The van der Waals surface area contributed by atoms with E-state index in [1.807, 2.05) is 4.90 Å². The summed E-state index contributed by atoms with van der Waals surface area (Å²) in [5.41, 5.74) is 0.0147. The second-order valence-electron chi connectivity index (χ2n) is 7.60. The van der Waals surface area contributed by atoms with Gasteiger partial charge in [-0.3, -0.25) is 14.9 Å². The Labute approximate surface area is 148 Å². The van der Waals surface area contributed by atoms with Gasteiger partial charge in [0.1, 0.15) is 5.54 Å². The zero-order chi connectivity index (χ0) is 18.2. The van der Waals surface area contributed by atoms with E-state index in [0.29, 0.717) is 23.0 Å². The van der Waals surface area contributed by atoms with Gasteiger partial charge in [0.15, 0.2) is 0 Å². The molecule has 0 radical (unpaired) electrons. The van der Waals surface area contributed by atoms with Crippen LogP contribution in [-0.2, 0) is 10.3 Å². The van der Waals surface area contributed by atoms with Crippen LogP contribution in [0.3, 0.4) is 0 Å². The smallest absolute Gasteiger partial charge is 0.322 e. The molecule has 6 heteroatoms. The van der Waals surface area contributed by atoms with Crippen molar-refractivity contribution >= 4 is 17.8 Å². The van der Waals surface area contributed by atoms with Gasteiger partial charge in [-0.25, -0.2) is 4.79 Å². The summed E-state index contributed by atoms with van der Waals surface area (Å²) in [5, 5.41) is 4.89. The summed E-state index contributed by atoms with van der Waals surface area (Å²) in [6.07, 6.45) is 2.14. The summed E-state index contributed by atoms with van der Waals surface area (Å²) in [6.45, 7) is 7.56. The molecule has 4 amide bonds. The van der Waals surface area contributed by atoms with E-state index in [-0.39, 0.29) is 5.91 Å². The van der Waals surface area contributed by atoms with Gasteiger partial charge in [0, 0.05) is 18.7 Å². The lowest BCUT2D eigenvalue weighted by Crippen LogP contribution is -2.41. The van der Waals surface area contributed by atoms with Crippen molar-refractivity contribution in [2.75, 3.05) is 13.1 Å². The molecule has 2 aliphatic heterocycles. The van der Waals surface area contributed by atoms with Crippen LogP contribution in [0.5, 0.6) is 0 Å². The first-order chi connectivity index (χ1) is 11.8. The first-order valence-corrected chi connectivity index (χ1v) is 8.83. The van der Waals surface area contributed by atoms with Gasteiger partial charge >= 0.3 is 6.03 Å². The predicted octanol–water partition coefficient (Wildman–Crippen LogP) is 2.25. The fourth-order valence-corrected chi connectivity index (χ4v) is 3.80. The SMILES string of the molecule is C[C@@H]1CCN(C(=O)c2cccc([C@@]3(C)NC(=O)NC3=O)c2)C[C@@H](C)C1. The molecule has 0 aliphatic carbocycles. The number of urea groups is 1. The number of likely N-dealkylation sites (tertiary alicyclic amines) is 1. The number of benzene rings is 1. The number of nitrogens with zero attached hydrogens (tertiary/aromatic N) is 1. The van der Waals surface area contributed by atoms with Gasteiger partial charge in [-0.1, -0.05) is 26.0 Å². The molecular formula is C19H25N3O3. The highest BCUT2D eigenvalue weighted by Gasteiger charge is 2.43. The van der Waals surface area contributed by atoms with Gasteiger partial charge in [0.05, 0.1) is 0 Å². The summed E-state index contributed by atoms with van der Waals surface area (Å²) in [5.74, 6) is 0.674. The van der Waals surface area contributed by atoms with Crippen LogP contribution >= 0.6 is 0 Å². The minimum atomic E-state index is -1.14. The first-order valence-electron chi connectivity index (χ1n) is 8.83. The molecule has 2 heterocycles. The largest absolute Gasteiger partial charge is 0.338 e. The van der Waals surface area contributed by atoms with Crippen LogP contribution in [0, 0.1) is 11.8 Å². The molecule has 1 aromatic carbocycles.